The summed E-state index contributed by atoms with van der Waals surface area (Å²) >= 11 is 0. The Kier molecular flexibility index (Phi) is 7.34. The summed E-state index contributed by atoms with van der Waals surface area (Å²) in [6.45, 7) is 0.873. The average molecular weight is 477 g/mol. The van der Waals surface area contributed by atoms with Crippen molar-refractivity contribution in [2.24, 2.45) is 0 Å². The monoisotopic (exact) mass is 476 g/mol. The third kappa shape index (κ3) is 5.14. The minimum Gasteiger partial charge on any atom is -0.497 e. The van der Waals surface area contributed by atoms with Crippen molar-refractivity contribution in [3.63, 3.8) is 0 Å². The van der Waals surface area contributed by atoms with Gasteiger partial charge >= 0.3 is 0 Å². The van der Waals surface area contributed by atoms with E-state index in [2.05, 4.69) is 0 Å². The fourth-order valence-corrected chi connectivity index (χ4v) is 4.38. The highest BCUT2D eigenvalue weighted by Crippen LogP contribution is 2.39. The zero-order chi connectivity index (χ0) is 24.9. The van der Waals surface area contributed by atoms with Gasteiger partial charge in [-0.25, -0.2) is 0 Å². The summed E-state index contributed by atoms with van der Waals surface area (Å²) in [6, 6.07) is 18.8. The molecule has 1 aliphatic rings. The molecule has 7 nitrogen and oxygen atoms in total. The molecule has 1 aliphatic heterocycles. The van der Waals surface area contributed by atoms with E-state index in [4.69, 9.17) is 18.9 Å². The van der Waals surface area contributed by atoms with Crippen LogP contribution >= 0.6 is 0 Å². The molecule has 1 atom stereocenters. The van der Waals surface area contributed by atoms with Crippen LogP contribution in [0.25, 0.3) is 0 Å². The first-order chi connectivity index (χ1) is 16.9. The summed E-state index contributed by atoms with van der Waals surface area (Å²) in [5.41, 5.74) is 3.75. The molecule has 0 N–H and O–H groups in total. The Balaban J connectivity index is 1.69. The van der Waals surface area contributed by atoms with E-state index in [1.54, 1.807) is 21.3 Å². The molecule has 0 aromatic heterocycles. The molecule has 0 bridgehead atoms. The Morgan fingerprint density at radius 2 is 1.60 bits per heavy atom. The average Bonchev–Trinajstić information content (AvgIpc) is 2.90. The molecule has 0 fully saturated rings. The molecule has 0 aliphatic carbocycles. The normalized spacial score (nSPS) is 14.7. The van der Waals surface area contributed by atoms with Crippen LogP contribution in [0, 0.1) is 0 Å². The maximum Gasteiger partial charge on any atom is 0.254 e. The van der Waals surface area contributed by atoms with Crippen LogP contribution in [-0.2, 0) is 6.42 Å². The fraction of sp³-hybridized carbons (Fsp3) is 0.321. The molecule has 0 radical (unpaired) electrons. The summed E-state index contributed by atoms with van der Waals surface area (Å²) in [4.78, 5) is 17.6. The van der Waals surface area contributed by atoms with Crippen molar-refractivity contribution in [1.82, 2.24) is 4.90 Å². The van der Waals surface area contributed by atoms with Gasteiger partial charge in [0.2, 0.25) is 0 Å². The van der Waals surface area contributed by atoms with Gasteiger partial charge in [0.25, 0.3) is 5.91 Å². The van der Waals surface area contributed by atoms with Crippen molar-refractivity contribution in [2.45, 2.75) is 12.5 Å². The second-order valence-corrected chi connectivity index (χ2v) is 8.60. The van der Waals surface area contributed by atoms with E-state index < -0.39 is 0 Å². The fourth-order valence-electron chi connectivity index (χ4n) is 4.38. The minimum absolute atomic E-state index is 0.0301. The Bertz CT molecular complexity index is 1180. The number of methoxy groups -OCH3 is 3. The number of benzene rings is 3. The van der Waals surface area contributed by atoms with Crippen molar-refractivity contribution in [3.05, 3.63) is 77.4 Å². The number of nitrogens with zero attached hydrogens (tertiary/aromatic N) is 2. The number of hydrogen-bond donors (Lipinski definition) is 0. The number of carbonyl (C=O) groups is 1. The van der Waals surface area contributed by atoms with E-state index in [1.807, 2.05) is 84.6 Å². The molecule has 0 saturated carbocycles. The van der Waals surface area contributed by atoms with Crippen LogP contribution in [0.2, 0.25) is 0 Å². The van der Waals surface area contributed by atoms with E-state index >= 15 is 0 Å². The summed E-state index contributed by atoms with van der Waals surface area (Å²) in [5, 5.41) is 0. The first-order valence-corrected chi connectivity index (χ1v) is 11.5. The van der Waals surface area contributed by atoms with Gasteiger partial charge < -0.3 is 28.7 Å². The van der Waals surface area contributed by atoms with Crippen molar-refractivity contribution in [3.8, 4) is 23.0 Å². The molecule has 184 valence electrons. The van der Waals surface area contributed by atoms with Crippen molar-refractivity contribution >= 4 is 11.6 Å². The van der Waals surface area contributed by atoms with Gasteiger partial charge in [-0.1, -0.05) is 6.07 Å². The van der Waals surface area contributed by atoms with Gasteiger partial charge in [-0.05, 0) is 72.1 Å². The molecule has 1 heterocycles. The Labute approximate surface area is 206 Å². The number of ether oxygens (including phenoxy) is 4. The largest absolute Gasteiger partial charge is 0.497 e. The van der Waals surface area contributed by atoms with Gasteiger partial charge in [0.1, 0.15) is 18.1 Å². The Hall–Kier alpha value is -3.87. The minimum atomic E-state index is -0.295. The smallest absolute Gasteiger partial charge is 0.254 e. The molecule has 0 spiro atoms. The zero-order valence-corrected chi connectivity index (χ0v) is 20.9. The lowest BCUT2D eigenvalue weighted by Gasteiger charge is -2.37. The second-order valence-electron chi connectivity index (χ2n) is 8.60. The van der Waals surface area contributed by atoms with E-state index in [9.17, 15) is 4.79 Å². The molecule has 1 amide bonds. The molecular weight excluding hydrogens is 444 g/mol. The van der Waals surface area contributed by atoms with Gasteiger partial charge in [-0.3, -0.25) is 4.79 Å². The van der Waals surface area contributed by atoms with Crippen molar-refractivity contribution < 1.29 is 23.7 Å². The van der Waals surface area contributed by atoms with Crippen LogP contribution in [0.5, 0.6) is 23.0 Å². The van der Waals surface area contributed by atoms with Gasteiger partial charge in [0.05, 0.1) is 27.4 Å². The lowest BCUT2D eigenvalue weighted by Crippen LogP contribution is -2.42. The first kappa shape index (κ1) is 24.3. The van der Waals surface area contributed by atoms with Crippen molar-refractivity contribution in [1.29, 1.82) is 0 Å². The number of rotatable bonds is 8. The van der Waals surface area contributed by atoms with Crippen LogP contribution in [-0.4, -0.2) is 59.4 Å². The Morgan fingerprint density at radius 1 is 0.914 bits per heavy atom. The highest BCUT2D eigenvalue weighted by molar-refractivity contribution is 5.95. The van der Waals surface area contributed by atoms with Crippen molar-refractivity contribution in [2.75, 3.05) is 53.5 Å². The molecule has 7 heteroatoms. The topological polar surface area (TPSA) is 60.5 Å². The molecule has 35 heavy (non-hydrogen) atoms. The third-order valence-electron chi connectivity index (χ3n) is 6.34. The summed E-state index contributed by atoms with van der Waals surface area (Å²) in [5.74, 6) is 2.75. The molecule has 0 saturated heterocycles. The van der Waals surface area contributed by atoms with Gasteiger partial charge in [-0.15, -0.1) is 0 Å². The predicted molar refractivity (Wildman–Crippen MR) is 136 cm³/mol. The zero-order valence-electron chi connectivity index (χ0n) is 20.9. The number of anilines is 1. The highest BCUT2D eigenvalue weighted by Gasteiger charge is 2.33. The third-order valence-corrected chi connectivity index (χ3v) is 6.34. The maximum atomic E-state index is 13.7. The number of fused-ring (bicyclic) bond motifs is 1. The molecule has 1 unspecified atom stereocenters. The second kappa shape index (κ2) is 10.6. The van der Waals surface area contributed by atoms with Gasteiger partial charge in [-0.2, -0.15) is 0 Å². The highest BCUT2D eigenvalue weighted by atomic mass is 16.5. The standard InChI is InChI=1S/C28H32N2O5/c1-29(2)21-8-6-7-20(15-21)28(31)30-14-13-19-16-26(33-4)27(34-5)17-24(19)25(30)18-35-23-11-9-22(32-3)10-12-23/h6-12,15-17,25H,13-14,18H2,1-5H3. The van der Waals surface area contributed by atoms with Crippen LogP contribution in [0.3, 0.4) is 0 Å². The van der Waals surface area contributed by atoms with Crippen LogP contribution in [0.4, 0.5) is 5.69 Å². The maximum absolute atomic E-state index is 13.7. The number of hydrogen-bond acceptors (Lipinski definition) is 6. The van der Waals surface area contributed by atoms with E-state index in [0.29, 0.717) is 42.4 Å². The van der Waals surface area contributed by atoms with E-state index in [1.165, 1.54) is 0 Å². The first-order valence-electron chi connectivity index (χ1n) is 11.5. The van der Waals surface area contributed by atoms with Gasteiger partial charge in [0, 0.05) is 31.9 Å². The molecule has 3 aromatic carbocycles. The molecule has 4 rings (SSSR count). The number of amides is 1. The molecule has 3 aromatic rings. The van der Waals surface area contributed by atoms with Gasteiger partial charge in [0.15, 0.2) is 11.5 Å². The summed E-state index contributed by atoms with van der Waals surface area (Å²) < 4.78 is 22.5. The number of carbonyl (C=O) groups excluding carboxylic acids is 1. The lowest BCUT2D eigenvalue weighted by molar-refractivity contribution is 0.0589. The SMILES string of the molecule is COc1ccc(OCC2c3cc(OC)c(OC)cc3CCN2C(=O)c2cccc(N(C)C)c2)cc1. The van der Waals surface area contributed by atoms with Crippen LogP contribution in [0.15, 0.2) is 60.7 Å². The summed E-state index contributed by atoms with van der Waals surface area (Å²) in [6.07, 6.45) is 0.716. The molecular formula is C28H32N2O5. The lowest BCUT2D eigenvalue weighted by atomic mass is 9.91. The quantitative estimate of drug-likeness (QED) is 0.474. The predicted octanol–water partition coefficient (Wildman–Crippen LogP) is 4.60. The van der Waals surface area contributed by atoms with Crippen LogP contribution in [0.1, 0.15) is 27.5 Å². The Morgan fingerprint density at radius 3 is 2.26 bits per heavy atom. The van der Waals surface area contributed by atoms with E-state index in [0.717, 1.165) is 22.6 Å². The van der Waals surface area contributed by atoms with E-state index in [-0.39, 0.29) is 11.9 Å². The van der Waals surface area contributed by atoms with Crippen LogP contribution < -0.4 is 23.8 Å². The summed E-state index contributed by atoms with van der Waals surface area (Å²) in [7, 11) is 8.81.